The fourth-order valence-corrected chi connectivity index (χ4v) is 7.35. The Morgan fingerprint density at radius 1 is 0.434 bits per heavy atom. The second kappa shape index (κ2) is 13.0. The molecule has 0 radical (unpaired) electrons. The van der Waals surface area contributed by atoms with Crippen molar-refractivity contribution in [1.82, 2.24) is 24.5 Å². The van der Waals surface area contributed by atoms with Crippen LogP contribution in [0.25, 0.3) is 95.6 Å². The Balaban J connectivity index is 1.07. The standard InChI is InChI=1S/C48H33N5/c1-3-11-32(12-4-1)34-18-22-36(23-19-34)42-31-43(51-48(50-42)39-28-20-35(21-29-39)33-13-5-2-6-14-33)37-24-26-38(27-25-37)45-47-46(40-15-7-8-16-41(40)49-45)52-44-17-9-10-30-53(44)47/h1-8,10-16,18-31H,9,17H2. The maximum atomic E-state index is 5.20. The van der Waals surface area contributed by atoms with Gasteiger partial charge in [0, 0.05) is 40.3 Å². The molecule has 53 heavy (non-hydrogen) atoms. The molecule has 1 aliphatic rings. The van der Waals surface area contributed by atoms with Gasteiger partial charge in [-0.15, -0.1) is 0 Å². The zero-order valence-corrected chi connectivity index (χ0v) is 28.9. The average molecular weight is 680 g/mol. The van der Waals surface area contributed by atoms with E-state index in [4.69, 9.17) is 19.9 Å². The molecule has 5 nitrogen and oxygen atoms in total. The van der Waals surface area contributed by atoms with Crippen molar-refractivity contribution < 1.29 is 0 Å². The van der Waals surface area contributed by atoms with Crippen LogP contribution in [0, 0.1) is 0 Å². The minimum atomic E-state index is 0.684. The lowest BCUT2D eigenvalue weighted by atomic mass is 10.0. The van der Waals surface area contributed by atoms with Gasteiger partial charge in [-0.25, -0.2) is 19.9 Å². The molecular formula is C48H33N5. The third-order valence-electron chi connectivity index (χ3n) is 10.1. The lowest BCUT2D eigenvalue weighted by Crippen LogP contribution is -2.01. The number of hydrogen-bond donors (Lipinski definition) is 0. The maximum Gasteiger partial charge on any atom is 0.160 e. The van der Waals surface area contributed by atoms with Crippen molar-refractivity contribution in [1.29, 1.82) is 0 Å². The minimum Gasteiger partial charge on any atom is -0.301 e. The molecule has 4 heterocycles. The van der Waals surface area contributed by atoms with Crippen molar-refractivity contribution in [3.05, 3.63) is 176 Å². The van der Waals surface area contributed by atoms with E-state index < -0.39 is 0 Å². The summed E-state index contributed by atoms with van der Waals surface area (Å²) in [5, 5.41) is 1.08. The summed E-state index contributed by atoms with van der Waals surface area (Å²) in [4.78, 5) is 20.6. The van der Waals surface area contributed by atoms with Gasteiger partial charge in [-0.05, 0) is 40.8 Å². The molecule has 10 rings (SSSR count). The first kappa shape index (κ1) is 30.8. The third kappa shape index (κ3) is 5.69. The Kier molecular flexibility index (Phi) is 7.54. The number of allylic oxidation sites excluding steroid dienone is 1. The Morgan fingerprint density at radius 2 is 0.943 bits per heavy atom. The van der Waals surface area contributed by atoms with Gasteiger partial charge in [0.2, 0.25) is 0 Å². The quantitative estimate of drug-likeness (QED) is 0.175. The van der Waals surface area contributed by atoms with Crippen LogP contribution in [-0.4, -0.2) is 24.5 Å². The molecule has 0 fully saturated rings. The topological polar surface area (TPSA) is 56.5 Å². The van der Waals surface area contributed by atoms with Gasteiger partial charge >= 0.3 is 0 Å². The molecule has 5 heteroatoms. The van der Waals surface area contributed by atoms with Crippen LogP contribution in [0.5, 0.6) is 0 Å². The summed E-state index contributed by atoms with van der Waals surface area (Å²) < 4.78 is 2.22. The number of imidazole rings is 1. The van der Waals surface area contributed by atoms with Crippen molar-refractivity contribution in [3.8, 4) is 67.4 Å². The van der Waals surface area contributed by atoms with Crippen LogP contribution in [0.4, 0.5) is 0 Å². The smallest absolute Gasteiger partial charge is 0.160 e. The highest BCUT2D eigenvalue weighted by molar-refractivity contribution is 6.08. The van der Waals surface area contributed by atoms with Crippen molar-refractivity contribution in [3.63, 3.8) is 0 Å². The third-order valence-corrected chi connectivity index (χ3v) is 10.1. The Labute approximate surface area is 307 Å². The highest BCUT2D eigenvalue weighted by Crippen LogP contribution is 2.36. The largest absolute Gasteiger partial charge is 0.301 e. The lowest BCUT2D eigenvalue weighted by Gasteiger charge is -2.12. The SMILES string of the molecule is C1=Cn2c(nc3c4ccccc4nc(-c4ccc(-c5cc(-c6ccc(-c7ccccc7)cc6)nc(-c6ccc(-c7ccccc7)cc6)n5)cc4)c32)CC1. The number of aromatic nitrogens is 5. The molecule has 0 unspecified atom stereocenters. The van der Waals surface area contributed by atoms with Crippen LogP contribution in [0.3, 0.4) is 0 Å². The van der Waals surface area contributed by atoms with Crippen molar-refractivity contribution in [2.45, 2.75) is 12.8 Å². The monoisotopic (exact) mass is 679 g/mol. The van der Waals surface area contributed by atoms with Crippen LogP contribution >= 0.6 is 0 Å². The summed E-state index contributed by atoms with van der Waals surface area (Å²) in [6.07, 6.45) is 6.27. The molecule has 0 amide bonds. The van der Waals surface area contributed by atoms with E-state index in [1.54, 1.807) is 0 Å². The number of aryl methyl sites for hydroxylation is 1. The highest BCUT2D eigenvalue weighted by atomic mass is 15.1. The highest BCUT2D eigenvalue weighted by Gasteiger charge is 2.20. The maximum absolute atomic E-state index is 5.20. The molecule has 9 aromatic rings. The predicted molar refractivity (Wildman–Crippen MR) is 217 cm³/mol. The first-order valence-corrected chi connectivity index (χ1v) is 18.0. The van der Waals surface area contributed by atoms with E-state index in [1.807, 2.05) is 18.2 Å². The lowest BCUT2D eigenvalue weighted by molar-refractivity contribution is 0.848. The fraction of sp³-hybridized carbons (Fsp3) is 0.0417. The number of para-hydroxylation sites is 1. The predicted octanol–water partition coefficient (Wildman–Crippen LogP) is 11.8. The van der Waals surface area contributed by atoms with Crippen LogP contribution in [0.15, 0.2) is 170 Å². The average Bonchev–Trinajstić information content (AvgIpc) is 3.64. The van der Waals surface area contributed by atoms with Crippen LogP contribution in [-0.2, 0) is 6.42 Å². The normalized spacial score (nSPS) is 12.3. The Hall–Kier alpha value is -6.98. The molecule has 0 N–H and O–H groups in total. The minimum absolute atomic E-state index is 0.684. The molecule has 0 spiro atoms. The molecule has 0 saturated heterocycles. The van der Waals surface area contributed by atoms with E-state index in [-0.39, 0.29) is 0 Å². The molecule has 0 atom stereocenters. The molecule has 0 saturated carbocycles. The van der Waals surface area contributed by atoms with Crippen molar-refractivity contribution in [2.24, 2.45) is 0 Å². The van der Waals surface area contributed by atoms with E-state index >= 15 is 0 Å². The van der Waals surface area contributed by atoms with Gasteiger partial charge in [-0.1, -0.05) is 158 Å². The summed E-state index contributed by atoms with van der Waals surface area (Å²) in [5.41, 5.74) is 14.4. The zero-order valence-electron chi connectivity index (χ0n) is 28.9. The molecule has 3 aromatic heterocycles. The van der Waals surface area contributed by atoms with Gasteiger partial charge in [-0.3, -0.25) is 0 Å². The summed E-state index contributed by atoms with van der Waals surface area (Å²) in [6.45, 7) is 0. The van der Waals surface area contributed by atoms with E-state index in [2.05, 4.69) is 162 Å². The van der Waals surface area contributed by atoms with Gasteiger partial charge < -0.3 is 4.57 Å². The van der Waals surface area contributed by atoms with Crippen LogP contribution in [0.2, 0.25) is 0 Å². The molecule has 0 bridgehead atoms. The number of hydrogen-bond acceptors (Lipinski definition) is 4. The summed E-state index contributed by atoms with van der Waals surface area (Å²) >= 11 is 0. The number of fused-ring (bicyclic) bond motifs is 5. The van der Waals surface area contributed by atoms with Gasteiger partial charge in [0.05, 0.1) is 28.1 Å². The zero-order chi connectivity index (χ0) is 35.1. The van der Waals surface area contributed by atoms with E-state index in [1.165, 1.54) is 16.7 Å². The summed E-state index contributed by atoms with van der Waals surface area (Å²) in [7, 11) is 0. The summed E-state index contributed by atoms with van der Waals surface area (Å²) in [6, 6.07) is 57.0. The Bertz CT molecular complexity index is 2680. The van der Waals surface area contributed by atoms with Crippen molar-refractivity contribution >= 4 is 28.1 Å². The van der Waals surface area contributed by atoms with Crippen LogP contribution < -0.4 is 0 Å². The van der Waals surface area contributed by atoms with E-state index in [0.717, 1.165) is 85.5 Å². The van der Waals surface area contributed by atoms with Gasteiger partial charge in [-0.2, -0.15) is 0 Å². The summed E-state index contributed by atoms with van der Waals surface area (Å²) in [5.74, 6) is 1.76. The number of rotatable bonds is 6. The molecule has 6 aromatic carbocycles. The van der Waals surface area contributed by atoms with E-state index in [0.29, 0.717) is 5.82 Å². The molecule has 1 aliphatic heterocycles. The van der Waals surface area contributed by atoms with Crippen molar-refractivity contribution in [2.75, 3.05) is 0 Å². The first-order chi connectivity index (χ1) is 26.2. The molecular weight excluding hydrogens is 647 g/mol. The van der Waals surface area contributed by atoms with Gasteiger partial charge in [0.25, 0.3) is 0 Å². The van der Waals surface area contributed by atoms with Gasteiger partial charge in [0.15, 0.2) is 5.82 Å². The second-order valence-corrected chi connectivity index (χ2v) is 13.4. The first-order valence-electron chi connectivity index (χ1n) is 18.0. The molecule has 0 aliphatic carbocycles. The van der Waals surface area contributed by atoms with E-state index in [9.17, 15) is 0 Å². The second-order valence-electron chi connectivity index (χ2n) is 13.4. The number of nitrogens with zero attached hydrogens (tertiary/aromatic N) is 5. The van der Waals surface area contributed by atoms with Crippen LogP contribution in [0.1, 0.15) is 12.2 Å². The number of benzene rings is 6. The molecule has 250 valence electrons. The van der Waals surface area contributed by atoms with Gasteiger partial charge in [0.1, 0.15) is 11.3 Å². The Morgan fingerprint density at radius 3 is 1.57 bits per heavy atom. The fourth-order valence-electron chi connectivity index (χ4n) is 7.35. The number of pyridine rings is 1.